The van der Waals surface area contributed by atoms with Gasteiger partial charge in [0.1, 0.15) is 0 Å². The van der Waals surface area contributed by atoms with Crippen LogP contribution in [0.25, 0.3) is 12.2 Å². The zero-order valence-electron chi connectivity index (χ0n) is 13.3. The highest BCUT2D eigenvalue weighted by molar-refractivity contribution is 5.66. The molecule has 2 aromatic carbocycles. The van der Waals surface area contributed by atoms with E-state index in [9.17, 15) is 4.79 Å². The van der Waals surface area contributed by atoms with Gasteiger partial charge < -0.3 is 5.11 Å². The molecule has 0 aromatic heterocycles. The van der Waals surface area contributed by atoms with Crippen LogP contribution in [0.15, 0.2) is 85.0 Å². The maximum absolute atomic E-state index is 9.37. The van der Waals surface area contributed by atoms with Crippen LogP contribution in [0.1, 0.15) is 24.5 Å². The smallest absolute Gasteiger partial charge is 0.303 e. The zero-order chi connectivity index (χ0) is 16.8. The van der Waals surface area contributed by atoms with Crippen molar-refractivity contribution in [1.82, 2.24) is 0 Å². The summed E-state index contributed by atoms with van der Waals surface area (Å²) < 4.78 is 0. The molecule has 0 unspecified atom stereocenters. The number of rotatable bonds is 5. The van der Waals surface area contributed by atoms with Crippen LogP contribution in [0.4, 0.5) is 0 Å². The van der Waals surface area contributed by atoms with Gasteiger partial charge in [-0.15, -0.1) is 0 Å². The van der Waals surface area contributed by atoms with Crippen molar-refractivity contribution >= 4 is 18.1 Å². The average molecular weight is 306 g/mol. The lowest BCUT2D eigenvalue weighted by atomic mass is 10.2. The SMILES string of the molecule is C(=CC=Cc1ccccc1)C=Cc1ccccc1.CCC(=O)O. The summed E-state index contributed by atoms with van der Waals surface area (Å²) in [6, 6.07) is 20.6. The predicted octanol–water partition coefficient (Wildman–Crippen LogP) is 5.45. The third-order valence-electron chi connectivity index (χ3n) is 2.81. The number of hydrogen-bond acceptors (Lipinski definition) is 1. The van der Waals surface area contributed by atoms with Crippen LogP contribution in [-0.2, 0) is 4.79 Å². The molecular formula is C21H22O2. The van der Waals surface area contributed by atoms with Crippen LogP contribution in [0.5, 0.6) is 0 Å². The second kappa shape index (κ2) is 11.8. The summed E-state index contributed by atoms with van der Waals surface area (Å²) in [5.74, 6) is -0.745. The molecule has 2 heteroatoms. The van der Waals surface area contributed by atoms with Gasteiger partial charge in [0.05, 0.1) is 0 Å². The maximum atomic E-state index is 9.37. The normalized spacial score (nSPS) is 10.8. The number of benzene rings is 2. The van der Waals surface area contributed by atoms with Crippen LogP contribution in [0, 0.1) is 0 Å². The van der Waals surface area contributed by atoms with E-state index in [4.69, 9.17) is 5.11 Å². The molecule has 2 nitrogen and oxygen atoms in total. The Morgan fingerprint density at radius 2 is 1.13 bits per heavy atom. The molecule has 0 saturated carbocycles. The minimum absolute atomic E-state index is 0.222. The van der Waals surface area contributed by atoms with E-state index < -0.39 is 5.97 Å². The Kier molecular flexibility index (Phi) is 9.29. The number of carboxylic acids is 1. The molecular weight excluding hydrogens is 284 g/mol. The summed E-state index contributed by atoms with van der Waals surface area (Å²) in [4.78, 5) is 9.37. The lowest BCUT2D eigenvalue weighted by Crippen LogP contribution is -1.86. The van der Waals surface area contributed by atoms with E-state index in [1.807, 2.05) is 60.7 Å². The van der Waals surface area contributed by atoms with E-state index in [-0.39, 0.29) is 6.42 Å². The molecule has 0 fully saturated rings. The van der Waals surface area contributed by atoms with Gasteiger partial charge in [-0.3, -0.25) is 4.79 Å². The Morgan fingerprint density at radius 1 is 0.783 bits per heavy atom. The number of allylic oxidation sites excluding steroid dienone is 4. The fourth-order valence-electron chi connectivity index (χ4n) is 1.59. The van der Waals surface area contributed by atoms with Crippen molar-refractivity contribution in [1.29, 1.82) is 0 Å². The Bertz CT molecular complexity index is 587. The summed E-state index contributed by atoms with van der Waals surface area (Å²) >= 11 is 0. The van der Waals surface area contributed by atoms with Crippen molar-refractivity contribution in [2.75, 3.05) is 0 Å². The zero-order valence-corrected chi connectivity index (χ0v) is 13.3. The predicted molar refractivity (Wildman–Crippen MR) is 98.0 cm³/mol. The Labute approximate surface area is 138 Å². The molecule has 118 valence electrons. The van der Waals surface area contributed by atoms with Crippen LogP contribution in [0.2, 0.25) is 0 Å². The molecule has 0 heterocycles. The number of hydrogen-bond donors (Lipinski definition) is 1. The van der Waals surface area contributed by atoms with Crippen molar-refractivity contribution in [3.63, 3.8) is 0 Å². The first-order valence-electron chi connectivity index (χ1n) is 7.55. The second-order valence-electron chi connectivity index (χ2n) is 4.67. The van der Waals surface area contributed by atoms with Gasteiger partial charge in [-0.2, -0.15) is 0 Å². The summed E-state index contributed by atoms with van der Waals surface area (Å²) in [5.41, 5.74) is 2.43. The first-order chi connectivity index (χ1) is 11.2. The summed E-state index contributed by atoms with van der Waals surface area (Å²) in [6.45, 7) is 1.60. The van der Waals surface area contributed by atoms with Crippen molar-refractivity contribution in [2.45, 2.75) is 13.3 Å². The minimum atomic E-state index is -0.745. The monoisotopic (exact) mass is 306 g/mol. The third kappa shape index (κ3) is 9.64. The first kappa shape index (κ1) is 18.2. The van der Waals surface area contributed by atoms with Crippen LogP contribution >= 0.6 is 0 Å². The third-order valence-corrected chi connectivity index (χ3v) is 2.81. The summed E-state index contributed by atoms with van der Waals surface area (Å²) in [5, 5.41) is 7.72. The van der Waals surface area contributed by atoms with Gasteiger partial charge in [0, 0.05) is 6.42 Å². The van der Waals surface area contributed by atoms with Gasteiger partial charge in [0.2, 0.25) is 0 Å². The van der Waals surface area contributed by atoms with Gasteiger partial charge in [-0.1, -0.05) is 104 Å². The molecule has 0 atom stereocenters. The fourth-order valence-corrected chi connectivity index (χ4v) is 1.59. The number of aliphatic carboxylic acids is 1. The Hall–Kier alpha value is -2.87. The lowest BCUT2D eigenvalue weighted by molar-refractivity contribution is -0.136. The van der Waals surface area contributed by atoms with Crippen LogP contribution in [0.3, 0.4) is 0 Å². The number of carboxylic acid groups (broad SMARTS) is 1. The molecule has 0 spiro atoms. The van der Waals surface area contributed by atoms with Gasteiger partial charge in [0.15, 0.2) is 0 Å². The second-order valence-corrected chi connectivity index (χ2v) is 4.67. The molecule has 2 rings (SSSR count). The molecule has 0 amide bonds. The first-order valence-corrected chi connectivity index (χ1v) is 7.55. The molecule has 0 aliphatic rings. The standard InChI is InChI=1S/C18H16.C3H6O2/c1(5-11-17-13-7-3-8-14-17)2-6-12-18-15-9-4-10-16-18;1-2-3(4)5/h1-16H;2H2,1H3,(H,4,5). The van der Waals surface area contributed by atoms with Crippen LogP contribution in [-0.4, -0.2) is 11.1 Å². The molecule has 2 aromatic rings. The molecule has 23 heavy (non-hydrogen) atoms. The highest BCUT2D eigenvalue weighted by Crippen LogP contribution is 2.02. The van der Waals surface area contributed by atoms with E-state index in [1.54, 1.807) is 6.92 Å². The van der Waals surface area contributed by atoms with E-state index in [2.05, 4.69) is 36.4 Å². The van der Waals surface area contributed by atoms with Gasteiger partial charge >= 0.3 is 5.97 Å². The quantitative estimate of drug-likeness (QED) is 0.746. The number of carbonyl (C=O) groups is 1. The lowest BCUT2D eigenvalue weighted by Gasteiger charge is -1.89. The molecule has 0 saturated heterocycles. The van der Waals surface area contributed by atoms with Gasteiger partial charge in [-0.25, -0.2) is 0 Å². The highest BCUT2D eigenvalue weighted by Gasteiger charge is 1.81. The van der Waals surface area contributed by atoms with E-state index in [1.165, 1.54) is 11.1 Å². The topological polar surface area (TPSA) is 37.3 Å². The van der Waals surface area contributed by atoms with Crippen molar-refractivity contribution < 1.29 is 9.90 Å². The minimum Gasteiger partial charge on any atom is -0.481 e. The molecule has 0 radical (unpaired) electrons. The average Bonchev–Trinajstić information content (AvgIpc) is 2.60. The largest absolute Gasteiger partial charge is 0.481 e. The Balaban J connectivity index is 0.000000463. The molecule has 0 bridgehead atoms. The van der Waals surface area contributed by atoms with E-state index in [0.29, 0.717) is 0 Å². The Morgan fingerprint density at radius 3 is 1.43 bits per heavy atom. The fraction of sp³-hybridized carbons (Fsp3) is 0.0952. The van der Waals surface area contributed by atoms with Crippen LogP contribution < -0.4 is 0 Å². The summed E-state index contributed by atoms with van der Waals surface area (Å²) in [6.07, 6.45) is 12.6. The maximum Gasteiger partial charge on any atom is 0.303 e. The van der Waals surface area contributed by atoms with Crippen molar-refractivity contribution in [3.05, 3.63) is 96.1 Å². The van der Waals surface area contributed by atoms with Crippen molar-refractivity contribution in [3.8, 4) is 0 Å². The van der Waals surface area contributed by atoms with E-state index >= 15 is 0 Å². The van der Waals surface area contributed by atoms with Crippen molar-refractivity contribution in [2.24, 2.45) is 0 Å². The summed E-state index contributed by atoms with van der Waals surface area (Å²) in [7, 11) is 0. The molecule has 1 N–H and O–H groups in total. The molecule has 0 aliphatic carbocycles. The van der Waals surface area contributed by atoms with Gasteiger partial charge in [0.25, 0.3) is 0 Å². The molecule has 0 aliphatic heterocycles. The van der Waals surface area contributed by atoms with E-state index in [0.717, 1.165) is 0 Å². The highest BCUT2D eigenvalue weighted by atomic mass is 16.4. The van der Waals surface area contributed by atoms with Gasteiger partial charge in [-0.05, 0) is 11.1 Å².